The summed E-state index contributed by atoms with van der Waals surface area (Å²) in [4.78, 5) is 43.6. The van der Waals surface area contributed by atoms with Crippen molar-refractivity contribution in [1.29, 1.82) is 0 Å². The van der Waals surface area contributed by atoms with Gasteiger partial charge >= 0.3 is 11.7 Å². The number of nitrogens with one attached hydrogen (secondary N) is 2. The van der Waals surface area contributed by atoms with Gasteiger partial charge in [0, 0.05) is 26.6 Å². The van der Waals surface area contributed by atoms with Crippen LogP contribution >= 0.6 is 0 Å². The number of hydrogen-bond donors (Lipinski definition) is 2. The molecule has 1 amide bonds. The molecule has 0 unspecified atom stereocenters. The Kier molecular flexibility index (Phi) is 8.54. The minimum absolute atomic E-state index is 0.0101. The molecule has 0 atom stereocenters. The molecule has 0 saturated heterocycles. The van der Waals surface area contributed by atoms with Gasteiger partial charge in [-0.05, 0) is 19.1 Å². The van der Waals surface area contributed by atoms with Crippen LogP contribution in [0.25, 0.3) is 0 Å². The van der Waals surface area contributed by atoms with Crippen LogP contribution in [0.3, 0.4) is 0 Å². The molecule has 2 rings (SSSR count). The van der Waals surface area contributed by atoms with Gasteiger partial charge in [0.15, 0.2) is 0 Å². The monoisotopic (exact) mass is 420 g/mol. The molecule has 0 radical (unpaired) electrons. The topological polar surface area (TPSA) is 153 Å². The van der Waals surface area contributed by atoms with Crippen molar-refractivity contribution in [3.63, 3.8) is 0 Å². The molecule has 162 valence electrons. The van der Waals surface area contributed by atoms with Crippen molar-refractivity contribution in [2.75, 3.05) is 36.5 Å². The number of aromatic nitrogens is 2. The number of carbonyl (C=O) groups excluding carboxylic acids is 2. The van der Waals surface area contributed by atoms with Crippen LogP contribution < -0.4 is 15.5 Å². The summed E-state index contributed by atoms with van der Waals surface area (Å²) in [6.45, 7) is 4.11. The standard InChI is InChI=1S/C18H24N6O6/c1-3-29-15(26)6-9-23(11-14-5-4-10-30-14)18-16(24(27)28)17(21-12-22-18)20-8-7-19-13(2)25/h4-5,10,12H,3,6-9,11H2,1-2H3,(H,19,25)(H,20,21,22). The number of rotatable bonds is 12. The van der Waals surface area contributed by atoms with Gasteiger partial charge in [-0.15, -0.1) is 0 Å². The fourth-order valence-electron chi connectivity index (χ4n) is 2.63. The molecular weight excluding hydrogens is 396 g/mol. The zero-order chi connectivity index (χ0) is 21.9. The molecule has 2 aromatic heterocycles. The van der Waals surface area contributed by atoms with E-state index in [-0.39, 0.29) is 62.4 Å². The lowest BCUT2D eigenvalue weighted by Gasteiger charge is -2.22. The molecule has 0 fully saturated rings. The predicted octanol–water partition coefficient (Wildman–Crippen LogP) is 1.49. The van der Waals surface area contributed by atoms with Gasteiger partial charge in [0.1, 0.15) is 12.1 Å². The normalized spacial score (nSPS) is 10.3. The van der Waals surface area contributed by atoms with Crippen LogP contribution in [0.15, 0.2) is 29.1 Å². The lowest BCUT2D eigenvalue weighted by Crippen LogP contribution is -2.29. The molecule has 0 saturated carbocycles. The van der Waals surface area contributed by atoms with E-state index in [9.17, 15) is 19.7 Å². The number of nitrogens with zero attached hydrogens (tertiary/aromatic N) is 4. The smallest absolute Gasteiger partial charge is 0.353 e. The van der Waals surface area contributed by atoms with E-state index < -0.39 is 10.9 Å². The maximum atomic E-state index is 11.8. The van der Waals surface area contributed by atoms with Gasteiger partial charge in [0.25, 0.3) is 0 Å². The van der Waals surface area contributed by atoms with E-state index in [4.69, 9.17) is 9.15 Å². The lowest BCUT2D eigenvalue weighted by atomic mass is 10.3. The Labute approximate surface area is 172 Å². The van der Waals surface area contributed by atoms with Gasteiger partial charge in [0.2, 0.25) is 17.5 Å². The number of ether oxygens (including phenoxy) is 1. The predicted molar refractivity (Wildman–Crippen MR) is 107 cm³/mol. The summed E-state index contributed by atoms with van der Waals surface area (Å²) in [6, 6.07) is 3.42. The highest BCUT2D eigenvalue weighted by atomic mass is 16.6. The summed E-state index contributed by atoms with van der Waals surface area (Å²) in [5.41, 5.74) is -0.337. The fourth-order valence-corrected chi connectivity index (χ4v) is 2.63. The fraction of sp³-hybridized carbons (Fsp3) is 0.444. The van der Waals surface area contributed by atoms with Crippen molar-refractivity contribution in [2.24, 2.45) is 0 Å². The number of carbonyl (C=O) groups is 2. The second-order valence-corrected chi connectivity index (χ2v) is 6.12. The molecule has 0 aliphatic rings. The van der Waals surface area contributed by atoms with Crippen LogP contribution in [0.2, 0.25) is 0 Å². The Morgan fingerprint density at radius 3 is 2.77 bits per heavy atom. The van der Waals surface area contributed by atoms with Crippen molar-refractivity contribution in [2.45, 2.75) is 26.8 Å². The molecule has 12 nitrogen and oxygen atoms in total. The molecule has 2 N–H and O–H groups in total. The van der Waals surface area contributed by atoms with E-state index >= 15 is 0 Å². The van der Waals surface area contributed by atoms with E-state index in [1.165, 1.54) is 19.5 Å². The molecular formula is C18H24N6O6. The number of hydrogen-bond acceptors (Lipinski definition) is 10. The summed E-state index contributed by atoms with van der Waals surface area (Å²) in [5, 5.41) is 17.2. The second-order valence-electron chi connectivity index (χ2n) is 6.12. The molecule has 0 aliphatic heterocycles. The number of anilines is 2. The van der Waals surface area contributed by atoms with Crippen LogP contribution in [0.1, 0.15) is 26.0 Å². The average molecular weight is 420 g/mol. The minimum atomic E-state index is -0.588. The first-order valence-electron chi connectivity index (χ1n) is 9.33. The number of amides is 1. The van der Waals surface area contributed by atoms with Crippen molar-refractivity contribution in [3.8, 4) is 0 Å². The van der Waals surface area contributed by atoms with Gasteiger partial charge < -0.3 is 24.7 Å². The summed E-state index contributed by atoms with van der Waals surface area (Å²) >= 11 is 0. The molecule has 0 bridgehead atoms. The first-order valence-corrected chi connectivity index (χ1v) is 9.33. The van der Waals surface area contributed by atoms with Crippen molar-refractivity contribution in [3.05, 3.63) is 40.6 Å². The highest BCUT2D eigenvalue weighted by Crippen LogP contribution is 2.32. The zero-order valence-corrected chi connectivity index (χ0v) is 16.8. The minimum Gasteiger partial charge on any atom is -0.467 e. The molecule has 0 aromatic carbocycles. The van der Waals surface area contributed by atoms with Crippen LogP contribution in [0.4, 0.5) is 17.3 Å². The van der Waals surface area contributed by atoms with Crippen LogP contribution in [-0.4, -0.2) is 53.0 Å². The van der Waals surface area contributed by atoms with Crippen molar-refractivity contribution < 1.29 is 23.7 Å². The van der Waals surface area contributed by atoms with Gasteiger partial charge in [-0.2, -0.15) is 0 Å². The average Bonchev–Trinajstić information content (AvgIpc) is 3.21. The SMILES string of the molecule is CCOC(=O)CCN(Cc1ccco1)c1ncnc(NCCNC(C)=O)c1[N+](=O)[O-]. The summed E-state index contributed by atoms with van der Waals surface area (Å²) < 4.78 is 10.3. The van der Waals surface area contributed by atoms with E-state index in [1.54, 1.807) is 24.0 Å². The van der Waals surface area contributed by atoms with Crippen LogP contribution in [0, 0.1) is 10.1 Å². The van der Waals surface area contributed by atoms with Crippen molar-refractivity contribution >= 4 is 29.2 Å². The van der Waals surface area contributed by atoms with Gasteiger partial charge in [-0.25, -0.2) is 9.97 Å². The van der Waals surface area contributed by atoms with Gasteiger partial charge in [0.05, 0.1) is 30.8 Å². The van der Waals surface area contributed by atoms with E-state index in [0.29, 0.717) is 5.76 Å². The highest BCUT2D eigenvalue weighted by molar-refractivity contribution is 5.74. The molecule has 0 aliphatic carbocycles. The Bertz CT molecular complexity index is 857. The zero-order valence-electron chi connectivity index (χ0n) is 16.8. The van der Waals surface area contributed by atoms with E-state index in [1.807, 2.05) is 0 Å². The maximum Gasteiger partial charge on any atom is 0.353 e. The molecule has 0 spiro atoms. The summed E-state index contributed by atoms with van der Waals surface area (Å²) in [7, 11) is 0. The highest BCUT2D eigenvalue weighted by Gasteiger charge is 2.28. The largest absolute Gasteiger partial charge is 0.467 e. The maximum absolute atomic E-state index is 11.8. The lowest BCUT2D eigenvalue weighted by molar-refractivity contribution is -0.383. The number of esters is 1. The second kappa shape index (κ2) is 11.3. The third-order valence-corrected chi connectivity index (χ3v) is 3.89. The Morgan fingerprint density at radius 1 is 1.33 bits per heavy atom. The first kappa shape index (κ1) is 22.6. The number of furan rings is 1. The summed E-state index contributed by atoms with van der Waals surface area (Å²) in [6.07, 6.45) is 2.70. The van der Waals surface area contributed by atoms with Crippen LogP contribution in [0.5, 0.6) is 0 Å². The van der Waals surface area contributed by atoms with Gasteiger partial charge in [-0.1, -0.05) is 0 Å². The molecule has 30 heavy (non-hydrogen) atoms. The van der Waals surface area contributed by atoms with E-state index in [2.05, 4.69) is 20.6 Å². The van der Waals surface area contributed by atoms with E-state index in [0.717, 1.165) is 0 Å². The third-order valence-electron chi connectivity index (χ3n) is 3.89. The molecule has 2 heterocycles. The Morgan fingerprint density at radius 2 is 2.13 bits per heavy atom. The van der Waals surface area contributed by atoms with Gasteiger partial charge in [-0.3, -0.25) is 19.7 Å². The number of nitro groups is 1. The Balaban J connectivity index is 2.28. The molecule has 12 heteroatoms. The third kappa shape index (κ3) is 6.72. The quantitative estimate of drug-likeness (QED) is 0.223. The Hall–Kier alpha value is -3.70. The summed E-state index contributed by atoms with van der Waals surface area (Å²) in [5.74, 6) is -0.0360. The first-order chi connectivity index (χ1) is 14.4. The van der Waals surface area contributed by atoms with Crippen LogP contribution in [-0.2, 0) is 20.9 Å². The molecule has 2 aromatic rings. The van der Waals surface area contributed by atoms with Crippen molar-refractivity contribution in [1.82, 2.24) is 15.3 Å².